The van der Waals surface area contributed by atoms with Gasteiger partial charge in [-0.3, -0.25) is 0 Å². The maximum Gasteiger partial charge on any atom is 0.193 e. The Bertz CT molecular complexity index is 749. The zero-order valence-corrected chi connectivity index (χ0v) is 15.6. The van der Waals surface area contributed by atoms with Crippen LogP contribution in [-0.4, -0.2) is 18.7 Å². The van der Waals surface area contributed by atoms with Gasteiger partial charge in [0, 0.05) is 5.56 Å². The molecule has 25 heavy (non-hydrogen) atoms. The standard InChI is InChI=1S/C20H27N3O2/c1-14-10-11-15(18(12-14)25-20(2,3)4)13-22-19(21)23-16-8-6-7-9-17(16)24-5/h6-12H,13H2,1-5H3,(H3,21,22,23). The van der Waals surface area contributed by atoms with E-state index in [0.717, 1.165) is 22.6 Å². The van der Waals surface area contributed by atoms with Crippen LogP contribution in [0.5, 0.6) is 11.5 Å². The highest BCUT2D eigenvalue weighted by atomic mass is 16.5. The third kappa shape index (κ3) is 5.71. The molecule has 0 spiro atoms. The summed E-state index contributed by atoms with van der Waals surface area (Å²) in [6, 6.07) is 13.7. The Morgan fingerprint density at radius 1 is 1.12 bits per heavy atom. The number of hydrogen-bond donors (Lipinski definition) is 2. The van der Waals surface area contributed by atoms with E-state index in [9.17, 15) is 0 Å². The minimum absolute atomic E-state index is 0.270. The highest BCUT2D eigenvalue weighted by Crippen LogP contribution is 2.26. The van der Waals surface area contributed by atoms with Crippen LogP contribution in [0.4, 0.5) is 5.69 Å². The maximum atomic E-state index is 6.05. The number of benzene rings is 2. The van der Waals surface area contributed by atoms with Gasteiger partial charge in [-0.05, 0) is 51.5 Å². The van der Waals surface area contributed by atoms with Crippen molar-refractivity contribution in [2.75, 3.05) is 12.4 Å². The van der Waals surface area contributed by atoms with Crippen LogP contribution in [0.15, 0.2) is 47.5 Å². The molecule has 0 saturated heterocycles. The first kappa shape index (κ1) is 18.6. The van der Waals surface area contributed by atoms with Gasteiger partial charge in [-0.2, -0.15) is 0 Å². The van der Waals surface area contributed by atoms with E-state index in [1.807, 2.05) is 70.2 Å². The van der Waals surface area contributed by atoms with Gasteiger partial charge in [0.1, 0.15) is 17.1 Å². The fourth-order valence-electron chi connectivity index (χ4n) is 2.31. The highest BCUT2D eigenvalue weighted by molar-refractivity contribution is 5.93. The second kappa shape index (κ2) is 7.92. The van der Waals surface area contributed by atoms with E-state index < -0.39 is 0 Å². The van der Waals surface area contributed by atoms with Gasteiger partial charge < -0.3 is 20.5 Å². The minimum Gasteiger partial charge on any atom is -0.495 e. The lowest BCUT2D eigenvalue weighted by molar-refractivity contribution is 0.129. The van der Waals surface area contributed by atoms with Gasteiger partial charge in [0.15, 0.2) is 5.96 Å². The molecular formula is C20H27N3O2. The number of rotatable bonds is 5. The zero-order chi connectivity index (χ0) is 18.4. The smallest absolute Gasteiger partial charge is 0.193 e. The van der Waals surface area contributed by atoms with Gasteiger partial charge in [0.05, 0.1) is 19.3 Å². The van der Waals surface area contributed by atoms with Crippen molar-refractivity contribution in [1.82, 2.24) is 0 Å². The van der Waals surface area contributed by atoms with Crippen LogP contribution >= 0.6 is 0 Å². The number of para-hydroxylation sites is 2. The molecule has 0 radical (unpaired) electrons. The van der Waals surface area contributed by atoms with E-state index in [-0.39, 0.29) is 5.60 Å². The lowest BCUT2D eigenvalue weighted by atomic mass is 10.1. The Balaban J connectivity index is 2.15. The number of aliphatic imine (C=N–C) groups is 1. The van der Waals surface area contributed by atoms with E-state index >= 15 is 0 Å². The molecule has 2 aromatic rings. The Kier molecular flexibility index (Phi) is 5.91. The molecule has 0 heterocycles. The van der Waals surface area contributed by atoms with Gasteiger partial charge in [0.2, 0.25) is 0 Å². The largest absolute Gasteiger partial charge is 0.495 e. The molecular weight excluding hydrogens is 314 g/mol. The van der Waals surface area contributed by atoms with Gasteiger partial charge >= 0.3 is 0 Å². The Morgan fingerprint density at radius 3 is 2.52 bits per heavy atom. The maximum absolute atomic E-state index is 6.05. The predicted octanol–water partition coefficient (Wildman–Crippen LogP) is 4.11. The SMILES string of the molecule is COc1ccccc1NC(N)=NCc1ccc(C)cc1OC(C)(C)C. The molecule has 0 bridgehead atoms. The summed E-state index contributed by atoms with van der Waals surface area (Å²) < 4.78 is 11.4. The average molecular weight is 341 g/mol. The van der Waals surface area contributed by atoms with E-state index in [0.29, 0.717) is 18.3 Å². The monoisotopic (exact) mass is 341 g/mol. The van der Waals surface area contributed by atoms with Crippen molar-refractivity contribution in [2.24, 2.45) is 10.7 Å². The second-order valence-electron chi connectivity index (χ2n) is 6.85. The summed E-state index contributed by atoms with van der Waals surface area (Å²) in [5, 5.41) is 3.07. The van der Waals surface area contributed by atoms with Crippen molar-refractivity contribution in [1.29, 1.82) is 0 Å². The number of anilines is 1. The van der Waals surface area contributed by atoms with Crippen molar-refractivity contribution in [2.45, 2.75) is 39.8 Å². The third-order valence-electron chi connectivity index (χ3n) is 3.43. The molecule has 3 N–H and O–H groups in total. The molecule has 0 aliphatic rings. The Morgan fingerprint density at radius 2 is 1.84 bits per heavy atom. The van der Waals surface area contributed by atoms with Crippen molar-refractivity contribution >= 4 is 11.6 Å². The summed E-state index contributed by atoms with van der Waals surface area (Å²) in [6.45, 7) is 8.56. The Hall–Kier alpha value is -2.69. The molecule has 0 fully saturated rings. The van der Waals surface area contributed by atoms with Crippen LogP contribution in [0.1, 0.15) is 31.9 Å². The highest BCUT2D eigenvalue weighted by Gasteiger charge is 2.14. The van der Waals surface area contributed by atoms with Gasteiger partial charge in [-0.15, -0.1) is 0 Å². The van der Waals surface area contributed by atoms with E-state index in [1.54, 1.807) is 7.11 Å². The van der Waals surface area contributed by atoms with Crippen LogP contribution in [0, 0.1) is 6.92 Å². The zero-order valence-electron chi connectivity index (χ0n) is 15.6. The first-order valence-corrected chi connectivity index (χ1v) is 8.27. The molecule has 5 nitrogen and oxygen atoms in total. The summed E-state index contributed by atoms with van der Waals surface area (Å²) in [5.41, 5.74) is 8.67. The first-order chi connectivity index (χ1) is 11.8. The predicted molar refractivity (Wildman–Crippen MR) is 104 cm³/mol. The lowest BCUT2D eigenvalue weighted by Gasteiger charge is -2.23. The molecule has 0 unspecified atom stereocenters. The fraction of sp³-hybridized carbons (Fsp3) is 0.350. The summed E-state index contributed by atoms with van der Waals surface area (Å²) >= 11 is 0. The van der Waals surface area contributed by atoms with Crippen LogP contribution in [0.3, 0.4) is 0 Å². The lowest BCUT2D eigenvalue weighted by Crippen LogP contribution is -2.24. The number of ether oxygens (including phenoxy) is 2. The molecule has 0 saturated carbocycles. The number of nitrogens with zero attached hydrogens (tertiary/aromatic N) is 1. The van der Waals surface area contributed by atoms with Crippen LogP contribution < -0.4 is 20.5 Å². The summed E-state index contributed by atoms with van der Waals surface area (Å²) in [7, 11) is 1.62. The number of aryl methyl sites for hydroxylation is 1. The molecule has 134 valence electrons. The molecule has 5 heteroatoms. The molecule has 0 aliphatic carbocycles. The topological polar surface area (TPSA) is 68.9 Å². The summed E-state index contributed by atoms with van der Waals surface area (Å²) in [6.07, 6.45) is 0. The van der Waals surface area contributed by atoms with Crippen LogP contribution in [0.25, 0.3) is 0 Å². The van der Waals surface area contributed by atoms with Crippen molar-refractivity contribution in [3.8, 4) is 11.5 Å². The third-order valence-corrected chi connectivity index (χ3v) is 3.43. The number of nitrogens with two attached hydrogens (primary N) is 1. The molecule has 0 amide bonds. The minimum atomic E-state index is -0.270. The Labute approximate surface area is 149 Å². The van der Waals surface area contributed by atoms with Crippen molar-refractivity contribution < 1.29 is 9.47 Å². The number of methoxy groups -OCH3 is 1. The number of nitrogens with one attached hydrogen (secondary N) is 1. The van der Waals surface area contributed by atoms with Gasteiger partial charge in [0.25, 0.3) is 0 Å². The van der Waals surface area contributed by atoms with Gasteiger partial charge in [-0.25, -0.2) is 4.99 Å². The van der Waals surface area contributed by atoms with E-state index in [4.69, 9.17) is 15.2 Å². The van der Waals surface area contributed by atoms with E-state index in [1.165, 1.54) is 0 Å². The second-order valence-corrected chi connectivity index (χ2v) is 6.85. The normalized spacial score (nSPS) is 12.0. The summed E-state index contributed by atoms with van der Waals surface area (Å²) in [5.74, 6) is 1.88. The molecule has 0 aromatic heterocycles. The fourth-order valence-corrected chi connectivity index (χ4v) is 2.31. The van der Waals surface area contributed by atoms with Gasteiger partial charge in [-0.1, -0.05) is 24.3 Å². The number of hydrogen-bond acceptors (Lipinski definition) is 3. The molecule has 0 aliphatic heterocycles. The van der Waals surface area contributed by atoms with Crippen LogP contribution in [0.2, 0.25) is 0 Å². The average Bonchev–Trinajstić information content (AvgIpc) is 2.53. The van der Waals surface area contributed by atoms with Crippen LogP contribution in [-0.2, 0) is 6.54 Å². The van der Waals surface area contributed by atoms with E-state index in [2.05, 4.69) is 10.3 Å². The quantitative estimate of drug-likeness (QED) is 0.634. The molecule has 2 rings (SSSR count). The van der Waals surface area contributed by atoms with Crippen molar-refractivity contribution in [3.05, 3.63) is 53.6 Å². The molecule has 0 atom stereocenters. The number of guanidine groups is 1. The first-order valence-electron chi connectivity index (χ1n) is 8.27. The summed E-state index contributed by atoms with van der Waals surface area (Å²) in [4.78, 5) is 4.43. The van der Waals surface area contributed by atoms with Crippen molar-refractivity contribution in [3.63, 3.8) is 0 Å². The molecule has 2 aromatic carbocycles.